The van der Waals surface area contributed by atoms with Gasteiger partial charge in [-0.25, -0.2) is 19.9 Å². The van der Waals surface area contributed by atoms with E-state index in [1.54, 1.807) is 36.5 Å². The second-order valence-electron chi connectivity index (χ2n) is 11.6. The average Bonchev–Trinajstić information content (AvgIpc) is 3.89. The molecule has 0 spiro atoms. The number of thiophene rings is 2. The summed E-state index contributed by atoms with van der Waals surface area (Å²) in [6.07, 6.45) is -1.29. The Labute approximate surface area is 315 Å². The lowest BCUT2D eigenvalue weighted by molar-refractivity contribution is -0.137. The number of amides is 2. The third-order valence-corrected chi connectivity index (χ3v) is 9.92. The highest BCUT2D eigenvalue weighted by molar-refractivity contribution is 7.17. The summed E-state index contributed by atoms with van der Waals surface area (Å²) in [5.74, 6) is -0.134. The van der Waals surface area contributed by atoms with Gasteiger partial charge in [0.2, 0.25) is 11.9 Å². The molecule has 272 valence electrons. The Morgan fingerprint density at radius 2 is 1.09 bits per heavy atom. The van der Waals surface area contributed by atoms with Crippen LogP contribution in [0.25, 0.3) is 32.3 Å². The zero-order valence-corrected chi connectivity index (χ0v) is 29.9. The molecule has 15 heteroatoms. The molecule has 2 amide bonds. The van der Waals surface area contributed by atoms with Crippen LogP contribution in [0, 0.1) is 0 Å². The summed E-state index contributed by atoms with van der Waals surface area (Å²) >= 11 is 2.59. The van der Waals surface area contributed by atoms with E-state index in [2.05, 4.69) is 54.8 Å². The number of aromatic nitrogens is 4. The first kappa shape index (κ1) is 37.3. The number of nitrogen functional groups attached to an aromatic ring is 2. The molecule has 7 aromatic rings. The summed E-state index contributed by atoms with van der Waals surface area (Å²) in [6, 6.07) is 33.7. The molecule has 10 nitrogen and oxygen atoms in total. The number of rotatable bonds is 9. The number of carbonyl (C=O) groups is 2. The predicted octanol–water partition coefficient (Wildman–Crippen LogP) is 8.12. The molecule has 0 aliphatic heterocycles. The molecular weight excluding hydrogens is 734 g/mol. The highest BCUT2D eigenvalue weighted by Crippen LogP contribution is 2.30. The predicted molar refractivity (Wildman–Crippen MR) is 205 cm³/mol. The van der Waals surface area contributed by atoms with Gasteiger partial charge in [0.25, 0.3) is 11.8 Å². The first-order valence-electron chi connectivity index (χ1n) is 16.3. The van der Waals surface area contributed by atoms with Crippen LogP contribution < -0.4 is 22.1 Å². The lowest BCUT2D eigenvalue weighted by Crippen LogP contribution is -2.22. The number of alkyl halides is 3. The highest BCUT2D eigenvalue weighted by atomic mass is 32.1. The Balaban J connectivity index is 0.000000185. The number of benzene rings is 3. The van der Waals surface area contributed by atoms with Crippen LogP contribution in [0.3, 0.4) is 0 Å². The largest absolute Gasteiger partial charge is 0.416 e. The topological polar surface area (TPSA) is 162 Å². The van der Waals surface area contributed by atoms with Crippen molar-refractivity contribution in [3.63, 3.8) is 0 Å². The normalized spacial score (nSPS) is 10.9. The molecule has 4 heterocycles. The quantitative estimate of drug-likeness (QED) is 0.115. The molecule has 6 N–H and O–H groups in total. The van der Waals surface area contributed by atoms with Crippen molar-refractivity contribution >= 4 is 46.4 Å². The Morgan fingerprint density at radius 3 is 1.61 bits per heavy atom. The molecule has 4 aromatic heterocycles. The van der Waals surface area contributed by atoms with Crippen LogP contribution in [0.2, 0.25) is 0 Å². The molecule has 0 aliphatic rings. The van der Waals surface area contributed by atoms with E-state index in [4.69, 9.17) is 11.5 Å². The molecule has 0 unspecified atom stereocenters. The number of nitrogens with one attached hydrogen (secondary N) is 2. The second-order valence-corrected chi connectivity index (χ2v) is 13.7. The standard InChI is InChI=1S/C22H18N4OS.C17H13F3N4OS/c23-22-24-12-11-18(26-22)19-9-10-20(28-19)21(27)25-14-15-5-4-8-17(13-15)16-6-2-1-3-7-16;18-17(19,20)11-3-1-2-10(8-11)9-23-15(25)14-5-4-13(26-14)12-6-7-22-16(21)24-12/h1-13H,14H2,(H,25,27)(H2,23,24,26);1-8H,9H2,(H,23,25)(H2,21,22,24). The van der Waals surface area contributed by atoms with E-state index in [0.717, 1.165) is 38.6 Å². The molecule has 3 aromatic carbocycles. The third-order valence-electron chi connectivity index (χ3n) is 7.71. The lowest BCUT2D eigenvalue weighted by atomic mass is 10.0. The van der Waals surface area contributed by atoms with Crippen LogP contribution in [-0.4, -0.2) is 31.8 Å². The fourth-order valence-corrected chi connectivity index (χ4v) is 6.89. The van der Waals surface area contributed by atoms with Gasteiger partial charge in [-0.2, -0.15) is 13.2 Å². The van der Waals surface area contributed by atoms with Crippen LogP contribution in [-0.2, 0) is 19.3 Å². The van der Waals surface area contributed by atoms with Crippen molar-refractivity contribution in [1.82, 2.24) is 30.6 Å². The van der Waals surface area contributed by atoms with Gasteiger partial charge in [0.05, 0.1) is 36.5 Å². The van der Waals surface area contributed by atoms with Gasteiger partial charge < -0.3 is 22.1 Å². The second kappa shape index (κ2) is 16.9. The maximum absolute atomic E-state index is 12.7. The van der Waals surface area contributed by atoms with Crippen LogP contribution >= 0.6 is 22.7 Å². The van der Waals surface area contributed by atoms with Gasteiger partial charge in [-0.15, -0.1) is 22.7 Å². The van der Waals surface area contributed by atoms with Crippen molar-refractivity contribution in [3.8, 4) is 32.3 Å². The fraction of sp³-hybridized carbons (Fsp3) is 0.0769. The van der Waals surface area contributed by atoms with E-state index in [1.807, 2.05) is 36.4 Å². The molecule has 0 radical (unpaired) electrons. The number of carbonyl (C=O) groups excluding carboxylic acids is 2. The minimum Gasteiger partial charge on any atom is -0.368 e. The summed E-state index contributed by atoms with van der Waals surface area (Å²) in [5, 5.41) is 5.60. The van der Waals surface area contributed by atoms with E-state index < -0.39 is 11.7 Å². The minimum absolute atomic E-state index is 0.00353. The van der Waals surface area contributed by atoms with Crippen molar-refractivity contribution < 1.29 is 22.8 Å². The van der Waals surface area contributed by atoms with E-state index in [0.29, 0.717) is 33.3 Å². The molecule has 0 saturated carbocycles. The van der Waals surface area contributed by atoms with Crippen molar-refractivity contribution in [3.05, 3.63) is 154 Å². The zero-order chi connectivity index (χ0) is 38.1. The maximum atomic E-state index is 12.7. The van der Waals surface area contributed by atoms with Crippen molar-refractivity contribution in [2.75, 3.05) is 11.5 Å². The van der Waals surface area contributed by atoms with Crippen LogP contribution in [0.15, 0.2) is 128 Å². The van der Waals surface area contributed by atoms with Gasteiger partial charge in [0.1, 0.15) is 0 Å². The molecule has 0 bridgehead atoms. The summed E-state index contributed by atoms with van der Waals surface area (Å²) in [5.41, 5.74) is 15.4. The molecule has 0 atom stereocenters. The SMILES string of the molecule is Nc1nccc(-c2ccc(C(=O)NCc3cccc(-c4ccccc4)c3)s2)n1.Nc1nccc(-c2ccc(C(=O)NCc3cccc(C(F)(F)F)c3)s2)n1. The van der Waals surface area contributed by atoms with E-state index in [1.165, 1.54) is 41.0 Å². The van der Waals surface area contributed by atoms with Gasteiger partial charge in [-0.3, -0.25) is 9.59 Å². The Morgan fingerprint density at radius 1 is 0.593 bits per heavy atom. The number of hydrogen-bond donors (Lipinski definition) is 4. The van der Waals surface area contributed by atoms with Crippen LogP contribution in [0.4, 0.5) is 25.1 Å². The summed E-state index contributed by atoms with van der Waals surface area (Å²) in [6.45, 7) is 0.462. The van der Waals surface area contributed by atoms with Crippen molar-refractivity contribution in [2.24, 2.45) is 0 Å². The molecule has 0 saturated heterocycles. The number of halogens is 3. The summed E-state index contributed by atoms with van der Waals surface area (Å²) in [7, 11) is 0. The lowest BCUT2D eigenvalue weighted by Gasteiger charge is -2.09. The van der Waals surface area contributed by atoms with E-state index >= 15 is 0 Å². The van der Waals surface area contributed by atoms with Crippen LogP contribution in [0.5, 0.6) is 0 Å². The van der Waals surface area contributed by atoms with Gasteiger partial charge in [0, 0.05) is 25.5 Å². The van der Waals surface area contributed by atoms with Gasteiger partial charge in [0.15, 0.2) is 0 Å². The maximum Gasteiger partial charge on any atom is 0.416 e. The fourth-order valence-electron chi connectivity index (χ4n) is 5.11. The van der Waals surface area contributed by atoms with Crippen LogP contribution in [0.1, 0.15) is 36.0 Å². The Hall–Kier alpha value is -6.45. The molecule has 54 heavy (non-hydrogen) atoms. The van der Waals surface area contributed by atoms with E-state index in [9.17, 15) is 22.8 Å². The van der Waals surface area contributed by atoms with Gasteiger partial charge >= 0.3 is 6.18 Å². The average molecular weight is 765 g/mol. The molecule has 0 aliphatic carbocycles. The zero-order valence-electron chi connectivity index (χ0n) is 28.2. The van der Waals surface area contributed by atoms with Crippen molar-refractivity contribution in [1.29, 1.82) is 0 Å². The van der Waals surface area contributed by atoms with Gasteiger partial charge in [-0.05, 0) is 76.9 Å². The number of nitrogens with zero attached hydrogens (tertiary/aromatic N) is 4. The first-order chi connectivity index (χ1) is 26.0. The van der Waals surface area contributed by atoms with Crippen molar-refractivity contribution in [2.45, 2.75) is 19.3 Å². The minimum atomic E-state index is -4.41. The smallest absolute Gasteiger partial charge is 0.368 e. The number of nitrogens with two attached hydrogens (primary N) is 2. The first-order valence-corrected chi connectivity index (χ1v) is 17.9. The third kappa shape index (κ3) is 9.90. The Kier molecular flexibility index (Phi) is 11.7. The van der Waals surface area contributed by atoms with Gasteiger partial charge in [-0.1, -0.05) is 60.7 Å². The molecular formula is C39H31F3N8O2S2. The van der Waals surface area contributed by atoms with E-state index in [-0.39, 0.29) is 30.3 Å². The summed E-state index contributed by atoms with van der Waals surface area (Å²) < 4.78 is 38.2. The summed E-state index contributed by atoms with van der Waals surface area (Å²) in [4.78, 5) is 43.4. The highest BCUT2D eigenvalue weighted by Gasteiger charge is 2.30. The molecule has 0 fully saturated rings. The number of anilines is 2. The Bertz CT molecular complexity index is 2380. The molecule has 7 rings (SSSR count). The number of hydrogen-bond acceptors (Lipinski definition) is 10. The monoisotopic (exact) mass is 764 g/mol.